The number of benzene rings is 1. The highest BCUT2D eigenvalue weighted by molar-refractivity contribution is 6.30. The minimum Gasteiger partial charge on any atom is -0.480 e. The predicted molar refractivity (Wildman–Crippen MR) is 84.4 cm³/mol. The van der Waals surface area contributed by atoms with Crippen LogP contribution in [0.25, 0.3) is 11.3 Å². The number of imidazole rings is 1. The number of aromatic nitrogens is 2. The van der Waals surface area contributed by atoms with Crippen molar-refractivity contribution >= 4 is 17.6 Å². The molecular weight excluding hydrogens is 304 g/mol. The summed E-state index contributed by atoms with van der Waals surface area (Å²) < 4.78 is 3.05. The Bertz CT molecular complexity index is 757. The first-order chi connectivity index (χ1) is 10.5. The SMILES string of the molecule is CCC(C(=O)O)n1cc(-c2ccc(Cl)cc2)n(C2CC2)c1=O. The number of rotatable bonds is 5. The lowest BCUT2D eigenvalue weighted by Gasteiger charge is -2.09. The largest absolute Gasteiger partial charge is 0.480 e. The van der Waals surface area contributed by atoms with Crippen molar-refractivity contribution in [3.05, 3.63) is 46.0 Å². The summed E-state index contributed by atoms with van der Waals surface area (Å²) in [5.74, 6) is -0.986. The van der Waals surface area contributed by atoms with Crippen molar-refractivity contribution in [2.45, 2.75) is 38.3 Å². The fraction of sp³-hybridized carbons (Fsp3) is 0.375. The molecule has 2 aromatic rings. The molecule has 1 N–H and O–H groups in total. The van der Waals surface area contributed by atoms with Gasteiger partial charge in [-0.1, -0.05) is 30.7 Å². The van der Waals surface area contributed by atoms with Gasteiger partial charge in [-0.25, -0.2) is 9.59 Å². The van der Waals surface area contributed by atoms with E-state index in [1.807, 2.05) is 12.1 Å². The Hall–Kier alpha value is -2.01. The highest BCUT2D eigenvalue weighted by Gasteiger charge is 2.31. The molecule has 0 amide bonds. The summed E-state index contributed by atoms with van der Waals surface area (Å²) >= 11 is 5.91. The minimum atomic E-state index is -0.986. The van der Waals surface area contributed by atoms with Crippen molar-refractivity contribution in [1.29, 1.82) is 0 Å². The van der Waals surface area contributed by atoms with E-state index in [9.17, 15) is 14.7 Å². The van der Waals surface area contributed by atoms with Crippen molar-refractivity contribution in [3.8, 4) is 11.3 Å². The van der Waals surface area contributed by atoms with E-state index in [0.717, 1.165) is 24.1 Å². The number of hydrogen-bond acceptors (Lipinski definition) is 2. The zero-order valence-corrected chi connectivity index (χ0v) is 13.0. The highest BCUT2D eigenvalue weighted by Crippen LogP contribution is 2.37. The van der Waals surface area contributed by atoms with E-state index in [1.54, 1.807) is 29.8 Å². The third-order valence-corrected chi connectivity index (χ3v) is 4.26. The molecule has 1 atom stereocenters. The zero-order valence-electron chi connectivity index (χ0n) is 12.2. The van der Waals surface area contributed by atoms with Crippen LogP contribution in [0.4, 0.5) is 0 Å². The van der Waals surface area contributed by atoms with E-state index in [-0.39, 0.29) is 11.7 Å². The normalized spacial score (nSPS) is 15.7. The molecule has 3 rings (SSSR count). The second kappa shape index (κ2) is 5.65. The van der Waals surface area contributed by atoms with E-state index in [2.05, 4.69) is 0 Å². The Morgan fingerprint density at radius 2 is 2.00 bits per heavy atom. The van der Waals surface area contributed by atoms with E-state index in [1.165, 1.54) is 4.57 Å². The lowest BCUT2D eigenvalue weighted by atomic mass is 10.1. The summed E-state index contributed by atoms with van der Waals surface area (Å²) in [6.07, 6.45) is 3.93. The van der Waals surface area contributed by atoms with E-state index >= 15 is 0 Å². The van der Waals surface area contributed by atoms with Crippen LogP contribution in [0.5, 0.6) is 0 Å². The van der Waals surface area contributed by atoms with Crippen LogP contribution < -0.4 is 5.69 Å². The summed E-state index contributed by atoms with van der Waals surface area (Å²) in [5.41, 5.74) is 1.37. The molecule has 1 aliphatic rings. The van der Waals surface area contributed by atoms with Gasteiger partial charge in [0, 0.05) is 17.3 Å². The molecule has 1 aromatic heterocycles. The molecule has 1 saturated carbocycles. The van der Waals surface area contributed by atoms with Gasteiger partial charge < -0.3 is 5.11 Å². The Morgan fingerprint density at radius 3 is 2.50 bits per heavy atom. The van der Waals surface area contributed by atoms with Crippen molar-refractivity contribution in [2.24, 2.45) is 0 Å². The lowest BCUT2D eigenvalue weighted by molar-refractivity contribution is -0.141. The van der Waals surface area contributed by atoms with Gasteiger partial charge in [0.05, 0.1) is 5.69 Å². The number of carbonyl (C=O) groups is 1. The first-order valence-corrected chi connectivity index (χ1v) is 7.72. The average molecular weight is 321 g/mol. The number of halogens is 1. The standard InChI is InChI=1S/C16H17ClN2O3/c1-2-13(15(20)21)18-9-14(10-3-5-11(17)6-4-10)19(16(18)22)12-7-8-12/h3-6,9,12-13H,2,7-8H2,1H3,(H,20,21). The molecule has 0 saturated heterocycles. The second-order valence-corrected chi connectivity index (χ2v) is 6.01. The number of carboxylic acids is 1. The van der Waals surface area contributed by atoms with Crippen molar-refractivity contribution in [2.75, 3.05) is 0 Å². The lowest BCUT2D eigenvalue weighted by Crippen LogP contribution is -2.30. The quantitative estimate of drug-likeness (QED) is 0.919. The van der Waals surface area contributed by atoms with Gasteiger partial charge >= 0.3 is 11.7 Å². The van der Waals surface area contributed by atoms with E-state index in [4.69, 9.17) is 11.6 Å². The number of carboxylic acid groups (broad SMARTS) is 1. The molecule has 1 fully saturated rings. The van der Waals surface area contributed by atoms with Crippen LogP contribution in [0.15, 0.2) is 35.3 Å². The topological polar surface area (TPSA) is 64.2 Å². The molecule has 1 aliphatic carbocycles. The smallest absolute Gasteiger partial charge is 0.329 e. The van der Waals surface area contributed by atoms with Crippen LogP contribution in [0.2, 0.25) is 5.02 Å². The predicted octanol–water partition coefficient (Wildman–Crippen LogP) is 3.34. The Balaban J connectivity index is 2.15. The van der Waals surface area contributed by atoms with Gasteiger partial charge in [-0.05, 0) is 37.0 Å². The maximum Gasteiger partial charge on any atom is 0.329 e. The highest BCUT2D eigenvalue weighted by atomic mass is 35.5. The molecule has 0 radical (unpaired) electrons. The first kappa shape index (κ1) is 14.9. The number of hydrogen-bond donors (Lipinski definition) is 1. The van der Waals surface area contributed by atoms with Gasteiger partial charge in [-0.2, -0.15) is 0 Å². The Morgan fingerprint density at radius 1 is 1.36 bits per heavy atom. The minimum absolute atomic E-state index is 0.172. The molecule has 116 valence electrons. The summed E-state index contributed by atoms with van der Waals surface area (Å²) in [5, 5.41) is 9.95. The molecule has 5 nitrogen and oxygen atoms in total. The molecule has 1 unspecified atom stereocenters. The molecule has 22 heavy (non-hydrogen) atoms. The summed E-state index contributed by atoms with van der Waals surface area (Å²) in [7, 11) is 0. The van der Waals surface area contributed by atoms with Gasteiger partial charge in [0.2, 0.25) is 0 Å². The molecule has 1 aromatic carbocycles. The maximum atomic E-state index is 12.7. The van der Waals surface area contributed by atoms with Gasteiger partial charge in [0.15, 0.2) is 0 Å². The van der Waals surface area contributed by atoms with E-state index in [0.29, 0.717) is 11.4 Å². The molecular formula is C16H17ClN2O3. The fourth-order valence-corrected chi connectivity index (χ4v) is 2.84. The van der Waals surface area contributed by atoms with Gasteiger partial charge in [0.25, 0.3) is 0 Å². The Kier molecular flexibility index (Phi) is 3.83. The molecule has 6 heteroatoms. The molecule has 0 bridgehead atoms. The molecule has 0 aliphatic heterocycles. The summed E-state index contributed by atoms with van der Waals surface area (Å²) in [6, 6.07) is 6.57. The van der Waals surface area contributed by atoms with Gasteiger partial charge in [-0.3, -0.25) is 9.13 Å². The zero-order chi connectivity index (χ0) is 15.9. The summed E-state index contributed by atoms with van der Waals surface area (Å²) in [4.78, 5) is 24.0. The maximum absolute atomic E-state index is 12.7. The Labute approximate surface area is 132 Å². The van der Waals surface area contributed by atoms with Crippen LogP contribution in [-0.4, -0.2) is 20.2 Å². The van der Waals surface area contributed by atoms with Crippen LogP contribution in [0, 0.1) is 0 Å². The van der Waals surface area contributed by atoms with Crippen LogP contribution in [0.1, 0.15) is 38.3 Å². The monoisotopic (exact) mass is 320 g/mol. The third kappa shape index (κ3) is 2.57. The number of aliphatic carboxylic acids is 1. The van der Waals surface area contributed by atoms with Crippen molar-refractivity contribution in [3.63, 3.8) is 0 Å². The molecule has 1 heterocycles. The first-order valence-electron chi connectivity index (χ1n) is 7.35. The van der Waals surface area contributed by atoms with Crippen LogP contribution >= 0.6 is 11.6 Å². The van der Waals surface area contributed by atoms with Crippen LogP contribution in [-0.2, 0) is 4.79 Å². The third-order valence-electron chi connectivity index (χ3n) is 4.01. The van der Waals surface area contributed by atoms with E-state index < -0.39 is 12.0 Å². The summed E-state index contributed by atoms with van der Waals surface area (Å²) in [6.45, 7) is 1.77. The average Bonchev–Trinajstić information content (AvgIpc) is 3.26. The van der Waals surface area contributed by atoms with Crippen molar-refractivity contribution < 1.29 is 9.90 Å². The second-order valence-electron chi connectivity index (χ2n) is 5.57. The van der Waals surface area contributed by atoms with Crippen molar-refractivity contribution in [1.82, 2.24) is 9.13 Å². The fourth-order valence-electron chi connectivity index (χ4n) is 2.71. The van der Waals surface area contributed by atoms with Gasteiger partial charge in [-0.15, -0.1) is 0 Å². The number of nitrogens with zero attached hydrogens (tertiary/aromatic N) is 2. The molecule has 0 spiro atoms. The van der Waals surface area contributed by atoms with Gasteiger partial charge in [0.1, 0.15) is 6.04 Å². The van der Waals surface area contributed by atoms with Crippen LogP contribution in [0.3, 0.4) is 0 Å².